The minimum atomic E-state index is -0.468. The van der Waals surface area contributed by atoms with Gasteiger partial charge in [0.15, 0.2) is 0 Å². The Kier molecular flexibility index (Phi) is 7.63. The van der Waals surface area contributed by atoms with Crippen LogP contribution in [0.2, 0.25) is 0 Å². The van der Waals surface area contributed by atoms with E-state index >= 15 is 0 Å². The van der Waals surface area contributed by atoms with Gasteiger partial charge in [-0.15, -0.1) is 0 Å². The van der Waals surface area contributed by atoms with Crippen LogP contribution in [0.25, 0.3) is 0 Å². The fourth-order valence-corrected chi connectivity index (χ4v) is 3.57. The molecule has 4 nitrogen and oxygen atoms in total. The maximum Gasteiger partial charge on any atom is 0.414 e. The Morgan fingerprint density at radius 2 is 2.08 bits per heavy atom. The van der Waals surface area contributed by atoms with Crippen LogP contribution in [0, 0.1) is 0 Å². The van der Waals surface area contributed by atoms with Gasteiger partial charge in [-0.2, -0.15) is 11.8 Å². The first-order chi connectivity index (χ1) is 11.9. The minimum Gasteiger partial charge on any atom is -0.443 e. The molecule has 5 heteroatoms. The van der Waals surface area contributed by atoms with Gasteiger partial charge in [-0.05, 0) is 69.7 Å². The van der Waals surface area contributed by atoms with Crippen molar-refractivity contribution in [3.63, 3.8) is 0 Å². The molecule has 1 aromatic carbocycles. The first-order valence-electron chi connectivity index (χ1n) is 9.23. The summed E-state index contributed by atoms with van der Waals surface area (Å²) in [5.41, 5.74) is 3.01. The number of nitrogens with one attached hydrogen (secondary N) is 1. The number of amides is 1. The van der Waals surface area contributed by atoms with Crippen LogP contribution in [0.4, 0.5) is 10.5 Å². The summed E-state index contributed by atoms with van der Waals surface area (Å²) in [7, 11) is 0. The van der Waals surface area contributed by atoms with Crippen molar-refractivity contribution in [3.05, 3.63) is 29.3 Å². The lowest BCUT2D eigenvalue weighted by Crippen LogP contribution is -2.36. The van der Waals surface area contributed by atoms with E-state index in [9.17, 15) is 4.79 Å². The summed E-state index contributed by atoms with van der Waals surface area (Å²) in [5.74, 6) is 1.25. The second-order valence-electron chi connectivity index (χ2n) is 7.54. The molecule has 0 spiro atoms. The number of unbranched alkanes of at least 4 members (excludes halogenated alkanes) is 2. The normalized spacial score (nSPS) is 13.8. The van der Waals surface area contributed by atoms with E-state index in [1.807, 2.05) is 32.5 Å². The Morgan fingerprint density at radius 1 is 1.28 bits per heavy atom. The number of nitrogens with zero attached hydrogens (tertiary/aromatic N) is 1. The highest BCUT2D eigenvalue weighted by atomic mass is 32.2. The van der Waals surface area contributed by atoms with Gasteiger partial charge in [-0.1, -0.05) is 24.6 Å². The minimum absolute atomic E-state index is 0.240. The molecular weight excluding hydrogens is 332 g/mol. The molecule has 0 aliphatic carbocycles. The lowest BCUT2D eigenvalue weighted by atomic mass is 10.1. The van der Waals surface area contributed by atoms with E-state index in [0.717, 1.165) is 25.2 Å². The third kappa shape index (κ3) is 6.23. The molecule has 0 radical (unpaired) electrons. The van der Waals surface area contributed by atoms with Crippen LogP contribution in [0.3, 0.4) is 0 Å². The highest BCUT2D eigenvalue weighted by Crippen LogP contribution is 2.33. The van der Waals surface area contributed by atoms with Crippen LogP contribution < -0.4 is 10.2 Å². The number of hydrogen-bond acceptors (Lipinski definition) is 4. The molecule has 0 fully saturated rings. The smallest absolute Gasteiger partial charge is 0.414 e. The third-order valence-electron chi connectivity index (χ3n) is 4.21. The molecule has 0 saturated carbocycles. The topological polar surface area (TPSA) is 41.6 Å². The van der Waals surface area contributed by atoms with Gasteiger partial charge >= 0.3 is 6.09 Å². The highest BCUT2D eigenvalue weighted by molar-refractivity contribution is 7.98. The number of benzene rings is 1. The average molecular weight is 365 g/mol. The molecule has 1 N–H and O–H groups in total. The second kappa shape index (κ2) is 9.48. The molecule has 1 heterocycles. The number of fused-ring (bicyclic) bond motifs is 1. The summed E-state index contributed by atoms with van der Waals surface area (Å²) in [4.78, 5) is 14.3. The predicted molar refractivity (Wildman–Crippen MR) is 108 cm³/mol. The lowest BCUT2D eigenvalue weighted by Gasteiger charge is -2.26. The molecule has 1 amide bonds. The van der Waals surface area contributed by atoms with Crippen LogP contribution in [-0.2, 0) is 17.7 Å². The molecule has 1 aliphatic heterocycles. The van der Waals surface area contributed by atoms with Crippen molar-refractivity contribution in [2.45, 2.75) is 58.6 Å². The third-order valence-corrected chi connectivity index (χ3v) is 4.91. The van der Waals surface area contributed by atoms with Gasteiger partial charge in [0.1, 0.15) is 5.60 Å². The molecular formula is C20H32N2O2S. The van der Waals surface area contributed by atoms with Crippen molar-refractivity contribution in [1.29, 1.82) is 0 Å². The second-order valence-corrected chi connectivity index (χ2v) is 8.52. The van der Waals surface area contributed by atoms with Crippen molar-refractivity contribution in [2.75, 3.05) is 30.0 Å². The monoisotopic (exact) mass is 364 g/mol. The molecule has 0 saturated heterocycles. The fraction of sp³-hybridized carbons (Fsp3) is 0.650. The van der Waals surface area contributed by atoms with Gasteiger partial charge in [-0.25, -0.2) is 4.79 Å². The Labute approximate surface area is 156 Å². The van der Waals surface area contributed by atoms with Gasteiger partial charge < -0.3 is 10.1 Å². The van der Waals surface area contributed by atoms with Crippen molar-refractivity contribution in [2.24, 2.45) is 0 Å². The maximum atomic E-state index is 12.5. The number of thioether (sulfide) groups is 1. The van der Waals surface area contributed by atoms with E-state index in [1.165, 1.54) is 36.1 Å². The Balaban J connectivity index is 1.93. The SMILES string of the molecule is CSCCCCCNCc1cccc2c1N(C(=O)OC(C)(C)C)CC2. The Bertz CT molecular complexity index is 569. The predicted octanol–water partition coefficient (Wildman–Crippen LogP) is 4.61. The standard InChI is InChI=1S/C20H32N2O2S/c1-20(2,3)24-19(23)22-13-11-16-9-8-10-17(18(16)22)15-21-12-6-5-7-14-25-4/h8-10,21H,5-7,11-15H2,1-4H3. The number of rotatable bonds is 8. The molecule has 140 valence electrons. The molecule has 0 aromatic heterocycles. The highest BCUT2D eigenvalue weighted by Gasteiger charge is 2.30. The first kappa shape index (κ1) is 20.1. The largest absolute Gasteiger partial charge is 0.443 e. The molecule has 1 aliphatic rings. The Hall–Kier alpha value is -1.20. The number of ether oxygens (including phenoxy) is 1. The summed E-state index contributed by atoms with van der Waals surface area (Å²) in [6.07, 6.45) is 6.57. The van der Waals surface area contributed by atoms with Crippen LogP contribution >= 0.6 is 11.8 Å². The summed E-state index contributed by atoms with van der Waals surface area (Å²) >= 11 is 1.91. The number of carbonyl (C=O) groups excluding carboxylic acids is 1. The van der Waals surface area contributed by atoms with Crippen molar-refractivity contribution in [3.8, 4) is 0 Å². The molecule has 25 heavy (non-hydrogen) atoms. The first-order valence-corrected chi connectivity index (χ1v) is 10.6. The van der Waals surface area contributed by atoms with Crippen LogP contribution in [0.5, 0.6) is 0 Å². The number of hydrogen-bond donors (Lipinski definition) is 1. The van der Waals surface area contributed by atoms with Gasteiger partial charge in [0.2, 0.25) is 0 Å². The zero-order chi connectivity index (χ0) is 18.3. The lowest BCUT2D eigenvalue weighted by molar-refractivity contribution is 0.0583. The zero-order valence-corrected chi connectivity index (χ0v) is 16.9. The molecule has 0 unspecified atom stereocenters. The number of para-hydroxylation sites is 1. The molecule has 2 rings (SSSR count). The van der Waals surface area contributed by atoms with E-state index in [0.29, 0.717) is 6.54 Å². The average Bonchev–Trinajstić information content (AvgIpc) is 2.97. The van der Waals surface area contributed by atoms with Gasteiger partial charge in [0.05, 0.1) is 5.69 Å². The van der Waals surface area contributed by atoms with E-state index in [-0.39, 0.29) is 6.09 Å². The summed E-state index contributed by atoms with van der Waals surface area (Å²) in [6, 6.07) is 6.32. The van der Waals surface area contributed by atoms with Crippen molar-refractivity contribution >= 4 is 23.5 Å². The number of anilines is 1. The summed E-state index contributed by atoms with van der Waals surface area (Å²) in [6.45, 7) is 8.25. The summed E-state index contributed by atoms with van der Waals surface area (Å²) < 4.78 is 5.58. The van der Waals surface area contributed by atoms with E-state index in [2.05, 4.69) is 29.8 Å². The van der Waals surface area contributed by atoms with Crippen molar-refractivity contribution < 1.29 is 9.53 Å². The van der Waals surface area contributed by atoms with Gasteiger partial charge in [-0.3, -0.25) is 4.90 Å². The molecule has 1 aromatic rings. The Morgan fingerprint density at radius 3 is 2.80 bits per heavy atom. The van der Waals surface area contributed by atoms with Gasteiger partial charge in [0.25, 0.3) is 0 Å². The quantitative estimate of drug-likeness (QED) is 0.684. The van der Waals surface area contributed by atoms with Crippen LogP contribution in [-0.4, -0.2) is 36.8 Å². The van der Waals surface area contributed by atoms with Crippen molar-refractivity contribution in [1.82, 2.24) is 5.32 Å². The zero-order valence-electron chi connectivity index (χ0n) is 16.1. The van der Waals surface area contributed by atoms with E-state index in [1.54, 1.807) is 4.90 Å². The van der Waals surface area contributed by atoms with Crippen LogP contribution in [0.1, 0.15) is 51.2 Å². The van der Waals surface area contributed by atoms with E-state index < -0.39 is 5.60 Å². The van der Waals surface area contributed by atoms with Gasteiger partial charge in [0, 0.05) is 13.1 Å². The molecule has 0 bridgehead atoms. The fourth-order valence-electron chi connectivity index (χ4n) is 3.08. The maximum absolute atomic E-state index is 12.5. The van der Waals surface area contributed by atoms with Crippen LogP contribution in [0.15, 0.2) is 18.2 Å². The molecule has 0 atom stereocenters. The number of carbonyl (C=O) groups is 1. The van der Waals surface area contributed by atoms with E-state index in [4.69, 9.17) is 4.74 Å². The summed E-state index contributed by atoms with van der Waals surface area (Å²) in [5, 5.41) is 3.53.